The zero-order chi connectivity index (χ0) is 17.1. The van der Waals surface area contributed by atoms with Crippen molar-refractivity contribution in [3.05, 3.63) is 30.1 Å². The van der Waals surface area contributed by atoms with Crippen LogP contribution in [0.1, 0.15) is 5.82 Å². The summed E-state index contributed by atoms with van der Waals surface area (Å²) in [7, 11) is 2.04. The molecule has 1 aromatic heterocycles. The quantitative estimate of drug-likeness (QED) is 0.872. The van der Waals surface area contributed by atoms with E-state index in [-0.39, 0.29) is 24.9 Å². The number of carbonyl (C=O) groups is 2. The monoisotopic (exact) mass is 329 g/mol. The Balaban J connectivity index is 1.55. The van der Waals surface area contributed by atoms with Crippen LogP contribution in [0.25, 0.3) is 11.0 Å². The van der Waals surface area contributed by atoms with E-state index < -0.39 is 0 Å². The molecule has 1 fully saturated rings. The number of piperazine rings is 1. The van der Waals surface area contributed by atoms with E-state index in [4.69, 9.17) is 0 Å². The molecule has 2 heterocycles. The molecule has 0 aliphatic carbocycles. The molecule has 0 saturated carbocycles. The molecule has 2 aromatic rings. The van der Waals surface area contributed by atoms with Crippen LogP contribution in [-0.2, 0) is 16.1 Å². The number of amides is 2. The molecule has 0 bridgehead atoms. The van der Waals surface area contributed by atoms with Gasteiger partial charge < -0.3 is 19.7 Å². The number of likely N-dealkylation sites (N-methyl/N-ethyl adjacent to an activating group) is 1. The Morgan fingerprint density at radius 3 is 2.62 bits per heavy atom. The summed E-state index contributed by atoms with van der Waals surface area (Å²) in [5, 5.41) is 2.73. The maximum Gasteiger partial charge on any atom is 0.242 e. The minimum Gasteiger partial charge on any atom is -0.345 e. The molecule has 0 radical (unpaired) electrons. The minimum atomic E-state index is -0.177. The van der Waals surface area contributed by atoms with Crippen LogP contribution >= 0.6 is 0 Å². The van der Waals surface area contributed by atoms with E-state index in [0.717, 1.165) is 43.0 Å². The Morgan fingerprint density at radius 2 is 1.88 bits per heavy atom. The number of aryl methyl sites for hydroxylation is 1. The number of hydrogen-bond donors (Lipinski definition) is 1. The number of para-hydroxylation sites is 2. The molecular formula is C17H23N5O2. The van der Waals surface area contributed by atoms with Gasteiger partial charge in [-0.15, -0.1) is 0 Å². The van der Waals surface area contributed by atoms with Crippen molar-refractivity contribution in [3.63, 3.8) is 0 Å². The summed E-state index contributed by atoms with van der Waals surface area (Å²) in [6, 6.07) is 7.72. The lowest BCUT2D eigenvalue weighted by molar-refractivity contribution is -0.134. The van der Waals surface area contributed by atoms with Crippen molar-refractivity contribution in [2.24, 2.45) is 0 Å². The lowest BCUT2D eigenvalue weighted by Crippen LogP contribution is -2.50. The fourth-order valence-electron chi connectivity index (χ4n) is 2.94. The van der Waals surface area contributed by atoms with E-state index >= 15 is 0 Å². The molecule has 1 aliphatic heterocycles. The first-order chi connectivity index (χ1) is 11.5. The Kier molecular flexibility index (Phi) is 4.80. The molecule has 0 atom stereocenters. The maximum atomic E-state index is 12.2. The molecule has 24 heavy (non-hydrogen) atoms. The van der Waals surface area contributed by atoms with Crippen molar-refractivity contribution >= 4 is 22.8 Å². The second kappa shape index (κ2) is 7.00. The minimum absolute atomic E-state index is 0.0244. The Morgan fingerprint density at radius 1 is 1.17 bits per heavy atom. The van der Waals surface area contributed by atoms with Crippen LogP contribution in [0.5, 0.6) is 0 Å². The van der Waals surface area contributed by atoms with Crippen LogP contribution in [0.4, 0.5) is 0 Å². The topological polar surface area (TPSA) is 70.5 Å². The third kappa shape index (κ3) is 3.56. The molecule has 1 N–H and O–H groups in total. The zero-order valence-corrected chi connectivity index (χ0v) is 14.2. The highest BCUT2D eigenvalue weighted by Gasteiger charge is 2.19. The Labute approximate surface area is 141 Å². The molecule has 1 aromatic carbocycles. The van der Waals surface area contributed by atoms with Crippen molar-refractivity contribution < 1.29 is 9.59 Å². The molecule has 3 rings (SSSR count). The van der Waals surface area contributed by atoms with Crippen LogP contribution in [-0.4, -0.2) is 70.9 Å². The average Bonchev–Trinajstić information content (AvgIpc) is 2.89. The fraction of sp³-hybridized carbons (Fsp3) is 0.471. The summed E-state index contributed by atoms with van der Waals surface area (Å²) in [6.07, 6.45) is 0. The van der Waals surface area contributed by atoms with Crippen molar-refractivity contribution in [2.75, 3.05) is 39.8 Å². The number of hydrogen-bond acceptors (Lipinski definition) is 4. The molecule has 2 amide bonds. The number of imidazole rings is 1. The Bertz CT molecular complexity index is 747. The van der Waals surface area contributed by atoms with Gasteiger partial charge >= 0.3 is 0 Å². The molecule has 0 unspecified atom stereocenters. The maximum absolute atomic E-state index is 12.2. The summed E-state index contributed by atoms with van der Waals surface area (Å²) in [5.41, 5.74) is 1.80. The molecule has 0 spiro atoms. The highest BCUT2D eigenvalue weighted by molar-refractivity contribution is 5.86. The van der Waals surface area contributed by atoms with Gasteiger partial charge in [-0.05, 0) is 26.1 Å². The number of nitrogens with zero attached hydrogens (tertiary/aromatic N) is 4. The second-order valence-electron chi connectivity index (χ2n) is 6.19. The molecule has 128 valence electrons. The van der Waals surface area contributed by atoms with Gasteiger partial charge in [0.1, 0.15) is 12.4 Å². The predicted octanol–water partition coefficient (Wildman–Crippen LogP) is 0.235. The van der Waals surface area contributed by atoms with E-state index in [1.165, 1.54) is 0 Å². The van der Waals surface area contributed by atoms with E-state index in [0.29, 0.717) is 0 Å². The zero-order valence-electron chi connectivity index (χ0n) is 14.2. The first-order valence-corrected chi connectivity index (χ1v) is 8.19. The van der Waals surface area contributed by atoms with Crippen LogP contribution in [0.2, 0.25) is 0 Å². The smallest absolute Gasteiger partial charge is 0.242 e. The highest BCUT2D eigenvalue weighted by Crippen LogP contribution is 2.14. The standard InChI is InChI=1S/C17H23N5O2/c1-13-19-14-5-3-4-6-15(14)22(13)12-16(23)18-11-17(24)21-9-7-20(2)8-10-21/h3-6H,7-12H2,1-2H3,(H,18,23). The van der Waals surface area contributed by atoms with Gasteiger partial charge in [0.15, 0.2) is 0 Å². The van der Waals surface area contributed by atoms with Gasteiger partial charge in [0.25, 0.3) is 0 Å². The summed E-state index contributed by atoms with van der Waals surface area (Å²) in [5.74, 6) is 0.587. The predicted molar refractivity (Wildman–Crippen MR) is 91.6 cm³/mol. The number of rotatable bonds is 4. The number of fused-ring (bicyclic) bond motifs is 1. The van der Waals surface area contributed by atoms with E-state index in [1.807, 2.05) is 42.8 Å². The Hall–Kier alpha value is -2.41. The van der Waals surface area contributed by atoms with Crippen LogP contribution in [0, 0.1) is 6.92 Å². The van der Waals surface area contributed by atoms with E-state index in [2.05, 4.69) is 15.2 Å². The first kappa shape index (κ1) is 16.4. The van der Waals surface area contributed by atoms with Crippen molar-refractivity contribution in [1.29, 1.82) is 0 Å². The van der Waals surface area contributed by atoms with Crippen LogP contribution in [0.15, 0.2) is 24.3 Å². The lowest BCUT2D eigenvalue weighted by atomic mass is 10.3. The number of aromatic nitrogens is 2. The summed E-state index contributed by atoms with van der Waals surface area (Å²) in [4.78, 5) is 32.8. The molecule has 1 aliphatic rings. The van der Waals surface area contributed by atoms with Crippen molar-refractivity contribution in [2.45, 2.75) is 13.5 Å². The van der Waals surface area contributed by atoms with Crippen molar-refractivity contribution in [3.8, 4) is 0 Å². The first-order valence-electron chi connectivity index (χ1n) is 8.19. The largest absolute Gasteiger partial charge is 0.345 e. The lowest BCUT2D eigenvalue weighted by Gasteiger charge is -2.32. The normalized spacial score (nSPS) is 15.7. The molecular weight excluding hydrogens is 306 g/mol. The summed E-state index contributed by atoms with van der Waals surface area (Å²) >= 11 is 0. The fourth-order valence-corrected chi connectivity index (χ4v) is 2.94. The van der Waals surface area contributed by atoms with Crippen LogP contribution < -0.4 is 5.32 Å². The van der Waals surface area contributed by atoms with Gasteiger partial charge in [0, 0.05) is 26.2 Å². The summed E-state index contributed by atoms with van der Waals surface area (Å²) < 4.78 is 1.87. The van der Waals surface area contributed by atoms with Gasteiger partial charge in [0.05, 0.1) is 17.6 Å². The second-order valence-corrected chi connectivity index (χ2v) is 6.19. The summed E-state index contributed by atoms with van der Waals surface area (Å²) in [6.45, 7) is 5.28. The third-order valence-electron chi connectivity index (χ3n) is 4.44. The third-order valence-corrected chi connectivity index (χ3v) is 4.44. The average molecular weight is 329 g/mol. The number of nitrogens with one attached hydrogen (secondary N) is 1. The van der Waals surface area contributed by atoms with Gasteiger partial charge in [-0.1, -0.05) is 12.1 Å². The van der Waals surface area contributed by atoms with Gasteiger partial charge in [-0.25, -0.2) is 4.98 Å². The van der Waals surface area contributed by atoms with Gasteiger partial charge in [0.2, 0.25) is 11.8 Å². The van der Waals surface area contributed by atoms with Crippen molar-refractivity contribution in [1.82, 2.24) is 24.7 Å². The molecule has 7 nitrogen and oxygen atoms in total. The van der Waals surface area contributed by atoms with E-state index in [1.54, 1.807) is 4.90 Å². The van der Waals surface area contributed by atoms with Gasteiger partial charge in [-0.2, -0.15) is 0 Å². The van der Waals surface area contributed by atoms with Gasteiger partial charge in [-0.3, -0.25) is 9.59 Å². The molecule has 7 heteroatoms. The van der Waals surface area contributed by atoms with E-state index in [9.17, 15) is 9.59 Å². The van der Waals surface area contributed by atoms with Crippen LogP contribution in [0.3, 0.4) is 0 Å². The SMILES string of the molecule is Cc1nc2ccccc2n1CC(=O)NCC(=O)N1CCN(C)CC1. The number of carbonyl (C=O) groups excluding carboxylic acids is 2. The highest BCUT2D eigenvalue weighted by atomic mass is 16.2. The number of benzene rings is 1. The molecule has 1 saturated heterocycles.